The molecule has 2 aromatic rings. The first-order valence-corrected chi connectivity index (χ1v) is 8.98. The molecule has 1 aliphatic heterocycles. The van der Waals surface area contributed by atoms with Crippen molar-refractivity contribution in [2.75, 3.05) is 18.1 Å². The summed E-state index contributed by atoms with van der Waals surface area (Å²) in [6.45, 7) is 2.36. The average Bonchev–Trinajstić information content (AvgIpc) is 2.66. The summed E-state index contributed by atoms with van der Waals surface area (Å²) in [5.74, 6) is -1.32. The van der Waals surface area contributed by atoms with E-state index in [2.05, 4.69) is 0 Å². The van der Waals surface area contributed by atoms with Crippen molar-refractivity contribution < 1.29 is 23.1 Å². The Hall–Kier alpha value is -2.76. The third-order valence-corrected chi connectivity index (χ3v) is 4.61. The molecule has 27 heavy (non-hydrogen) atoms. The molecule has 0 saturated heterocycles. The number of Topliss-reactive ketones (excluding diaryl/α,β-unsaturated/α-hetero) is 1. The van der Waals surface area contributed by atoms with Gasteiger partial charge in [0.05, 0.1) is 6.61 Å². The molecule has 1 amide bonds. The Bertz CT molecular complexity index is 849. The van der Waals surface area contributed by atoms with Gasteiger partial charge < -0.3 is 9.64 Å². The molecule has 3 rings (SSSR count). The van der Waals surface area contributed by atoms with Gasteiger partial charge in [-0.25, -0.2) is 8.78 Å². The quantitative estimate of drug-likeness (QED) is 0.560. The largest absolute Gasteiger partial charge is 0.494 e. The summed E-state index contributed by atoms with van der Waals surface area (Å²) in [5, 5.41) is 0. The van der Waals surface area contributed by atoms with E-state index in [1.165, 1.54) is 17.9 Å². The number of carbonyl (C=O) groups excluding carboxylic acids is 2. The van der Waals surface area contributed by atoms with Gasteiger partial charge in [0, 0.05) is 30.3 Å². The van der Waals surface area contributed by atoms with Crippen molar-refractivity contribution in [3.63, 3.8) is 0 Å². The number of rotatable bonds is 6. The fourth-order valence-corrected chi connectivity index (χ4v) is 3.17. The first-order valence-electron chi connectivity index (χ1n) is 8.98. The number of nitrogens with zero attached hydrogens (tertiary/aromatic N) is 1. The number of fused-ring (bicyclic) bond motifs is 1. The lowest BCUT2D eigenvalue weighted by atomic mass is 10.0. The molecule has 0 unspecified atom stereocenters. The van der Waals surface area contributed by atoms with Crippen LogP contribution in [0.25, 0.3) is 0 Å². The first kappa shape index (κ1) is 19.0. The molecule has 6 heteroatoms. The van der Waals surface area contributed by atoms with Gasteiger partial charge >= 0.3 is 0 Å². The molecule has 2 aromatic carbocycles. The van der Waals surface area contributed by atoms with E-state index < -0.39 is 11.6 Å². The molecular weight excluding hydrogens is 352 g/mol. The summed E-state index contributed by atoms with van der Waals surface area (Å²) < 4.78 is 32.6. The number of anilines is 1. The predicted molar refractivity (Wildman–Crippen MR) is 98.2 cm³/mol. The van der Waals surface area contributed by atoms with Crippen LogP contribution in [0.1, 0.15) is 42.1 Å². The zero-order valence-corrected chi connectivity index (χ0v) is 15.1. The molecular formula is C21H21F2NO3. The van der Waals surface area contributed by atoms with Crippen LogP contribution < -0.4 is 9.64 Å². The second-order valence-corrected chi connectivity index (χ2v) is 6.58. The van der Waals surface area contributed by atoms with Gasteiger partial charge in [-0.05, 0) is 62.1 Å². The average molecular weight is 373 g/mol. The van der Waals surface area contributed by atoms with Gasteiger partial charge in [0.1, 0.15) is 5.75 Å². The number of ketones is 1. The van der Waals surface area contributed by atoms with Gasteiger partial charge in [-0.1, -0.05) is 0 Å². The molecule has 0 spiro atoms. The van der Waals surface area contributed by atoms with Crippen molar-refractivity contribution in [3.8, 4) is 5.75 Å². The van der Waals surface area contributed by atoms with Crippen LogP contribution in [0.3, 0.4) is 0 Å². The lowest BCUT2D eigenvalue weighted by Crippen LogP contribution is -2.35. The Labute approximate surface area is 156 Å². The van der Waals surface area contributed by atoms with Crippen LogP contribution in [0, 0.1) is 11.6 Å². The van der Waals surface area contributed by atoms with Gasteiger partial charge in [-0.15, -0.1) is 0 Å². The molecule has 0 aromatic heterocycles. The molecule has 0 fully saturated rings. The lowest BCUT2D eigenvalue weighted by Gasteiger charge is -2.29. The number of halogens is 2. The van der Waals surface area contributed by atoms with Crippen molar-refractivity contribution in [1.82, 2.24) is 0 Å². The SMILES string of the molecule is CC(=O)c1ccc(OCCCC(=O)N2CCCc3cc(F)c(F)cc32)cc1. The molecule has 0 atom stereocenters. The van der Waals surface area contributed by atoms with Crippen molar-refractivity contribution in [2.24, 2.45) is 0 Å². The van der Waals surface area contributed by atoms with Crippen molar-refractivity contribution in [1.29, 1.82) is 0 Å². The van der Waals surface area contributed by atoms with E-state index in [0.717, 1.165) is 12.5 Å². The number of amides is 1. The van der Waals surface area contributed by atoms with Crippen LogP contribution in [-0.2, 0) is 11.2 Å². The third kappa shape index (κ3) is 4.51. The monoisotopic (exact) mass is 373 g/mol. The van der Waals surface area contributed by atoms with Gasteiger partial charge in [0.2, 0.25) is 5.91 Å². The highest BCUT2D eigenvalue weighted by atomic mass is 19.2. The Balaban J connectivity index is 1.53. The molecule has 0 radical (unpaired) electrons. The van der Waals surface area contributed by atoms with Crippen LogP contribution >= 0.6 is 0 Å². The van der Waals surface area contributed by atoms with E-state index in [1.54, 1.807) is 24.3 Å². The normalized spacial score (nSPS) is 13.2. The van der Waals surface area contributed by atoms with Crippen LogP contribution in [-0.4, -0.2) is 24.8 Å². The number of aryl methyl sites for hydroxylation is 1. The topological polar surface area (TPSA) is 46.6 Å². The third-order valence-electron chi connectivity index (χ3n) is 4.61. The summed E-state index contributed by atoms with van der Waals surface area (Å²) >= 11 is 0. The second-order valence-electron chi connectivity index (χ2n) is 6.58. The molecule has 0 bridgehead atoms. The zero-order valence-electron chi connectivity index (χ0n) is 15.1. The van der Waals surface area contributed by atoms with Crippen molar-refractivity contribution >= 4 is 17.4 Å². The highest BCUT2D eigenvalue weighted by Gasteiger charge is 2.24. The van der Waals surface area contributed by atoms with Gasteiger partial charge in [0.25, 0.3) is 0 Å². The molecule has 1 heterocycles. The summed E-state index contributed by atoms with van der Waals surface area (Å²) in [5.41, 5.74) is 1.74. The van der Waals surface area contributed by atoms with Crippen LogP contribution in [0.5, 0.6) is 5.75 Å². The maximum atomic E-state index is 13.6. The number of hydrogen-bond donors (Lipinski definition) is 0. The Morgan fingerprint density at radius 3 is 2.52 bits per heavy atom. The maximum Gasteiger partial charge on any atom is 0.227 e. The lowest BCUT2D eigenvalue weighted by molar-refractivity contribution is -0.118. The Morgan fingerprint density at radius 1 is 1.11 bits per heavy atom. The highest BCUT2D eigenvalue weighted by Crippen LogP contribution is 2.30. The number of hydrogen-bond acceptors (Lipinski definition) is 3. The molecule has 0 saturated carbocycles. The van der Waals surface area contributed by atoms with Crippen LogP contribution in [0.15, 0.2) is 36.4 Å². The number of carbonyl (C=O) groups is 2. The van der Waals surface area contributed by atoms with Crippen LogP contribution in [0.4, 0.5) is 14.5 Å². The van der Waals surface area contributed by atoms with E-state index >= 15 is 0 Å². The minimum absolute atomic E-state index is 0.00900. The summed E-state index contributed by atoms with van der Waals surface area (Å²) in [4.78, 5) is 25.3. The maximum absolute atomic E-state index is 13.6. The number of ether oxygens (including phenoxy) is 1. The highest BCUT2D eigenvalue weighted by molar-refractivity contribution is 5.95. The van der Waals surface area contributed by atoms with E-state index in [9.17, 15) is 18.4 Å². The summed E-state index contributed by atoms with van der Waals surface area (Å²) in [6.07, 6.45) is 2.12. The van der Waals surface area contributed by atoms with Gasteiger partial charge in [0.15, 0.2) is 17.4 Å². The Kier molecular flexibility index (Phi) is 5.84. The molecule has 4 nitrogen and oxygen atoms in total. The van der Waals surface area contributed by atoms with Crippen LogP contribution in [0.2, 0.25) is 0 Å². The summed E-state index contributed by atoms with van der Waals surface area (Å²) in [7, 11) is 0. The smallest absolute Gasteiger partial charge is 0.227 e. The van der Waals surface area contributed by atoms with E-state index in [-0.39, 0.29) is 18.1 Å². The van der Waals surface area contributed by atoms with Crippen molar-refractivity contribution in [3.05, 3.63) is 59.2 Å². The molecule has 1 aliphatic rings. The predicted octanol–water partition coefficient (Wildman–Crippen LogP) is 4.31. The fourth-order valence-electron chi connectivity index (χ4n) is 3.17. The van der Waals surface area contributed by atoms with E-state index in [1.807, 2.05) is 0 Å². The van der Waals surface area contributed by atoms with Gasteiger partial charge in [-0.2, -0.15) is 0 Å². The standard InChI is InChI=1S/C21H21F2NO3/c1-14(25)15-6-8-17(9-7-15)27-11-3-5-21(26)24-10-2-4-16-12-18(22)19(23)13-20(16)24/h6-9,12-13H,2-5,10-11H2,1H3. The second kappa shape index (κ2) is 8.29. The molecule has 142 valence electrons. The number of benzene rings is 2. The zero-order chi connectivity index (χ0) is 19.4. The Morgan fingerprint density at radius 2 is 1.81 bits per heavy atom. The van der Waals surface area contributed by atoms with Gasteiger partial charge in [-0.3, -0.25) is 9.59 Å². The fraction of sp³-hybridized carbons (Fsp3) is 0.333. The van der Waals surface area contributed by atoms with E-state index in [4.69, 9.17) is 4.74 Å². The summed E-state index contributed by atoms with van der Waals surface area (Å²) in [6, 6.07) is 9.11. The molecule has 0 aliphatic carbocycles. The minimum Gasteiger partial charge on any atom is -0.494 e. The molecule has 0 N–H and O–H groups in total. The van der Waals surface area contributed by atoms with E-state index in [0.29, 0.717) is 48.6 Å². The first-order chi connectivity index (χ1) is 13.0. The van der Waals surface area contributed by atoms with Crippen molar-refractivity contribution in [2.45, 2.75) is 32.6 Å². The minimum atomic E-state index is -0.939.